The SMILES string of the molecule is C[C@@H](OC(=O)COc1ccc(F)cc1)C(=O)Nc1sccc1C(N)=O. The van der Waals surface area contributed by atoms with Crippen molar-refractivity contribution in [1.29, 1.82) is 0 Å². The fourth-order valence-corrected chi connectivity index (χ4v) is 2.57. The van der Waals surface area contributed by atoms with Gasteiger partial charge in [0.05, 0.1) is 5.56 Å². The highest BCUT2D eigenvalue weighted by Crippen LogP contribution is 2.23. The Hall–Kier alpha value is -2.94. The van der Waals surface area contributed by atoms with Crippen LogP contribution in [0.2, 0.25) is 0 Å². The van der Waals surface area contributed by atoms with Crippen LogP contribution in [-0.2, 0) is 14.3 Å². The first-order chi connectivity index (χ1) is 11.9. The molecular weight excluding hydrogens is 351 g/mol. The molecule has 1 aromatic heterocycles. The van der Waals surface area contributed by atoms with Gasteiger partial charge in [0.15, 0.2) is 12.7 Å². The van der Waals surface area contributed by atoms with Crippen LogP contribution in [0, 0.1) is 5.82 Å². The van der Waals surface area contributed by atoms with Crippen molar-refractivity contribution in [3.8, 4) is 5.75 Å². The molecule has 132 valence electrons. The van der Waals surface area contributed by atoms with Gasteiger partial charge in [0, 0.05) is 0 Å². The second-order valence-corrected chi connectivity index (χ2v) is 5.81. The number of esters is 1. The highest BCUT2D eigenvalue weighted by atomic mass is 32.1. The van der Waals surface area contributed by atoms with Gasteiger partial charge in [-0.3, -0.25) is 9.59 Å². The second kappa shape index (κ2) is 8.25. The largest absolute Gasteiger partial charge is 0.482 e. The van der Waals surface area contributed by atoms with Gasteiger partial charge in [-0.05, 0) is 42.6 Å². The van der Waals surface area contributed by atoms with Crippen molar-refractivity contribution in [2.24, 2.45) is 5.73 Å². The predicted molar refractivity (Wildman–Crippen MR) is 88.9 cm³/mol. The predicted octanol–water partition coefficient (Wildman–Crippen LogP) is 1.94. The molecule has 0 aliphatic carbocycles. The minimum atomic E-state index is -1.10. The van der Waals surface area contributed by atoms with E-state index in [-0.39, 0.29) is 10.6 Å². The zero-order valence-corrected chi connectivity index (χ0v) is 14.0. The first-order valence-electron chi connectivity index (χ1n) is 7.13. The maximum atomic E-state index is 12.8. The fraction of sp³-hybridized carbons (Fsp3) is 0.188. The zero-order chi connectivity index (χ0) is 18.4. The molecule has 0 bridgehead atoms. The number of carbonyl (C=O) groups excluding carboxylic acids is 3. The summed E-state index contributed by atoms with van der Waals surface area (Å²) >= 11 is 1.12. The number of nitrogens with two attached hydrogens (primary N) is 1. The number of nitrogens with one attached hydrogen (secondary N) is 1. The molecule has 3 N–H and O–H groups in total. The van der Waals surface area contributed by atoms with E-state index in [1.54, 1.807) is 5.38 Å². The van der Waals surface area contributed by atoms with E-state index in [2.05, 4.69) is 5.32 Å². The van der Waals surface area contributed by atoms with Gasteiger partial charge in [0.25, 0.3) is 11.8 Å². The summed E-state index contributed by atoms with van der Waals surface area (Å²) in [6.45, 7) is 0.942. The van der Waals surface area contributed by atoms with Gasteiger partial charge in [0.1, 0.15) is 16.6 Å². The second-order valence-electron chi connectivity index (χ2n) is 4.89. The van der Waals surface area contributed by atoms with Crippen LogP contribution in [0.3, 0.4) is 0 Å². The zero-order valence-electron chi connectivity index (χ0n) is 13.2. The molecule has 0 unspecified atom stereocenters. The van der Waals surface area contributed by atoms with Crippen molar-refractivity contribution in [1.82, 2.24) is 0 Å². The first kappa shape index (κ1) is 18.4. The maximum absolute atomic E-state index is 12.8. The number of hydrogen-bond acceptors (Lipinski definition) is 6. The van der Waals surface area contributed by atoms with Crippen molar-refractivity contribution < 1.29 is 28.2 Å². The Morgan fingerprint density at radius 2 is 1.92 bits per heavy atom. The molecule has 2 aromatic rings. The average molecular weight is 366 g/mol. The molecule has 1 heterocycles. The van der Waals surface area contributed by atoms with Gasteiger partial charge in [-0.15, -0.1) is 11.3 Å². The molecule has 0 aliphatic heterocycles. The number of halogens is 1. The molecule has 7 nitrogen and oxygen atoms in total. The number of thiophene rings is 1. The molecule has 1 atom stereocenters. The quantitative estimate of drug-likeness (QED) is 0.728. The van der Waals surface area contributed by atoms with Gasteiger partial charge in [-0.25, -0.2) is 9.18 Å². The van der Waals surface area contributed by atoms with Crippen molar-refractivity contribution in [2.45, 2.75) is 13.0 Å². The van der Waals surface area contributed by atoms with Crippen LogP contribution in [0.4, 0.5) is 9.39 Å². The van der Waals surface area contributed by atoms with E-state index in [9.17, 15) is 18.8 Å². The van der Waals surface area contributed by atoms with Crippen molar-refractivity contribution in [3.63, 3.8) is 0 Å². The van der Waals surface area contributed by atoms with E-state index in [1.165, 1.54) is 37.3 Å². The topological polar surface area (TPSA) is 108 Å². The molecule has 9 heteroatoms. The van der Waals surface area contributed by atoms with E-state index in [4.69, 9.17) is 15.2 Å². The summed E-state index contributed by atoms with van der Waals surface area (Å²) in [5.41, 5.74) is 5.36. The van der Waals surface area contributed by atoms with E-state index < -0.39 is 36.3 Å². The number of amides is 2. The lowest BCUT2D eigenvalue weighted by atomic mass is 10.3. The minimum absolute atomic E-state index is 0.177. The third kappa shape index (κ3) is 5.28. The molecular formula is C16H15FN2O5S. The molecule has 0 aliphatic rings. The third-order valence-corrected chi connectivity index (χ3v) is 3.85. The summed E-state index contributed by atoms with van der Waals surface area (Å²) in [5.74, 6) is -2.19. The lowest BCUT2D eigenvalue weighted by Gasteiger charge is -2.13. The van der Waals surface area contributed by atoms with Crippen LogP contribution >= 0.6 is 11.3 Å². The van der Waals surface area contributed by atoms with Gasteiger partial charge in [0.2, 0.25) is 0 Å². The summed E-state index contributed by atoms with van der Waals surface area (Å²) in [5, 5.41) is 4.36. The van der Waals surface area contributed by atoms with E-state index >= 15 is 0 Å². The van der Waals surface area contributed by atoms with Gasteiger partial charge in [-0.1, -0.05) is 0 Å². The van der Waals surface area contributed by atoms with Gasteiger partial charge >= 0.3 is 5.97 Å². The lowest BCUT2D eigenvalue weighted by molar-refractivity contribution is -0.155. The van der Waals surface area contributed by atoms with E-state index in [0.29, 0.717) is 5.75 Å². The molecule has 1 aromatic carbocycles. The Balaban J connectivity index is 1.83. The third-order valence-electron chi connectivity index (χ3n) is 3.02. The molecule has 2 rings (SSSR count). The highest BCUT2D eigenvalue weighted by Gasteiger charge is 2.20. The van der Waals surface area contributed by atoms with Crippen LogP contribution < -0.4 is 15.8 Å². The summed E-state index contributed by atoms with van der Waals surface area (Å²) in [7, 11) is 0. The molecule has 0 fully saturated rings. The monoisotopic (exact) mass is 366 g/mol. The maximum Gasteiger partial charge on any atom is 0.344 e. The molecule has 2 amide bonds. The molecule has 0 saturated carbocycles. The summed E-state index contributed by atoms with van der Waals surface area (Å²) < 4.78 is 22.8. The van der Waals surface area contributed by atoms with Gasteiger partial charge in [-0.2, -0.15) is 0 Å². The Morgan fingerprint density at radius 3 is 2.56 bits per heavy atom. The number of anilines is 1. The standard InChI is InChI=1S/C16H15FN2O5S/c1-9(15(22)19-16-12(14(18)21)6-7-25-16)24-13(20)8-23-11-4-2-10(17)3-5-11/h2-7,9H,8H2,1H3,(H2,18,21)(H,19,22)/t9-/m1/s1. The number of carbonyl (C=O) groups is 3. The number of primary amides is 1. The smallest absolute Gasteiger partial charge is 0.344 e. The summed E-state index contributed by atoms with van der Waals surface area (Å²) in [6.07, 6.45) is -1.10. The number of benzene rings is 1. The molecule has 0 spiro atoms. The van der Waals surface area contributed by atoms with Gasteiger partial charge < -0.3 is 20.5 Å². The molecule has 0 saturated heterocycles. The van der Waals surface area contributed by atoms with E-state index in [1.807, 2.05) is 0 Å². The highest BCUT2D eigenvalue weighted by molar-refractivity contribution is 7.14. The number of rotatable bonds is 7. The Morgan fingerprint density at radius 1 is 1.24 bits per heavy atom. The average Bonchev–Trinajstić information content (AvgIpc) is 3.02. The lowest BCUT2D eigenvalue weighted by Crippen LogP contribution is -2.32. The fourth-order valence-electron chi connectivity index (χ4n) is 1.77. The summed E-state index contributed by atoms with van der Waals surface area (Å²) in [4.78, 5) is 34.9. The molecule has 25 heavy (non-hydrogen) atoms. The normalized spacial score (nSPS) is 11.4. The van der Waals surface area contributed by atoms with Crippen LogP contribution in [0.25, 0.3) is 0 Å². The van der Waals surface area contributed by atoms with E-state index in [0.717, 1.165) is 11.3 Å². The van der Waals surface area contributed by atoms with Crippen molar-refractivity contribution in [3.05, 3.63) is 47.1 Å². The minimum Gasteiger partial charge on any atom is -0.482 e. The Bertz CT molecular complexity index is 775. The number of ether oxygens (including phenoxy) is 2. The first-order valence-corrected chi connectivity index (χ1v) is 8.01. The van der Waals surface area contributed by atoms with Crippen molar-refractivity contribution in [2.75, 3.05) is 11.9 Å². The van der Waals surface area contributed by atoms with Crippen LogP contribution in [0.1, 0.15) is 17.3 Å². The number of hydrogen-bond donors (Lipinski definition) is 2. The van der Waals surface area contributed by atoms with Crippen LogP contribution in [0.15, 0.2) is 35.7 Å². The molecule has 0 radical (unpaired) electrons. The van der Waals surface area contributed by atoms with Crippen molar-refractivity contribution >= 4 is 34.1 Å². The Labute approximate surface area is 146 Å². The summed E-state index contributed by atoms with van der Waals surface area (Å²) in [6, 6.07) is 6.58. The van der Waals surface area contributed by atoms with Crippen LogP contribution in [0.5, 0.6) is 5.75 Å². The van der Waals surface area contributed by atoms with Crippen LogP contribution in [-0.4, -0.2) is 30.5 Å². The Kier molecular flexibility index (Phi) is 6.07.